The number of carbonyl (C=O) groups excluding carboxylic acids is 1. The first-order chi connectivity index (χ1) is 12.7. The molecule has 1 fully saturated rings. The second-order valence-corrected chi connectivity index (χ2v) is 6.63. The van der Waals surface area contributed by atoms with Crippen LogP contribution < -0.4 is 15.4 Å². The van der Waals surface area contributed by atoms with E-state index in [-0.39, 0.29) is 5.91 Å². The highest BCUT2D eigenvalue weighted by molar-refractivity contribution is 5.94. The van der Waals surface area contributed by atoms with Gasteiger partial charge in [-0.1, -0.05) is 30.3 Å². The van der Waals surface area contributed by atoms with E-state index >= 15 is 0 Å². The number of primary amides is 1. The molecule has 0 atom stereocenters. The summed E-state index contributed by atoms with van der Waals surface area (Å²) in [6.45, 7) is 5.11. The fourth-order valence-electron chi connectivity index (χ4n) is 3.58. The van der Waals surface area contributed by atoms with Crippen LogP contribution in [0.15, 0.2) is 48.5 Å². The molecule has 1 aliphatic heterocycles. The maximum absolute atomic E-state index is 11.5. The van der Waals surface area contributed by atoms with Crippen LogP contribution in [0.4, 0.5) is 5.69 Å². The molecule has 0 spiro atoms. The summed E-state index contributed by atoms with van der Waals surface area (Å²) >= 11 is 0. The smallest absolute Gasteiger partial charge is 0.248 e. The number of aryl methyl sites for hydroxylation is 1. The molecule has 0 unspecified atom stereocenters. The molecule has 2 aromatic rings. The summed E-state index contributed by atoms with van der Waals surface area (Å²) < 4.78 is 5.48. The Morgan fingerprint density at radius 2 is 1.73 bits per heavy atom. The van der Waals surface area contributed by atoms with Gasteiger partial charge in [0.15, 0.2) is 0 Å². The van der Waals surface area contributed by atoms with Crippen molar-refractivity contribution in [3.63, 3.8) is 0 Å². The number of anilines is 1. The first-order valence-electron chi connectivity index (χ1n) is 9.17. The molecule has 1 amide bonds. The number of piperazine rings is 1. The third-order valence-corrected chi connectivity index (χ3v) is 5.00. The van der Waals surface area contributed by atoms with Crippen LogP contribution in [0.5, 0.6) is 5.75 Å². The quantitative estimate of drug-likeness (QED) is 0.831. The van der Waals surface area contributed by atoms with Crippen molar-refractivity contribution >= 4 is 11.6 Å². The normalized spacial score (nSPS) is 15.0. The van der Waals surface area contributed by atoms with Crippen LogP contribution in [0.2, 0.25) is 0 Å². The Balaban J connectivity index is 1.48. The zero-order valence-corrected chi connectivity index (χ0v) is 15.4. The summed E-state index contributed by atoms with van der Waals surface area (Å²) in [6.07, 6.45) is 1.91. The Morgan fingerprint density at radius 1 is 1.04 bits per heavy atom. The number of carbonyl (C=O) groups is 1. The lowest BCUT2D eigenvalue weighted by molar-refractivity contribution is 0.0999. The van der Waals surface area contributed by atoms with Gasteiger partial charge in [-0.2, -0.15) is 0 Å². The predicted molar refractivity (Wildman–Crippen MR) is 105 cm³/mol. The number of rotatable bonds is 7. The summed E-state index contributed by atoms with van der Waals surface area (Å²) in [5, 5.41) is 0. The zero-order valence-electron chi connectivity index (χ0n) is 15.4. The van der Waals surface area contributed by atoms with Gasteiger partial charge in [0, 0.05) is 31.7 Å². The average molecular weight is 353 g/mol. The van der Waals surface area contributed by atoms with Crippen molar-refractivity contribution in [3.05, 3.63) is 59.7 Å². The molecule has 0 bridgehead atoms. The predicted octanol–water partition coefficient (Wildman–Crippen LogP) is 2.55. The summed E-state index contributed by atoms with van der Waals surface area (Å²) in [5.74, 6) is 0.593. The molecule has 26 heavy (non-hydrogen) atoms. The van der Waals surface area contributed by atoms with Crippen molar-refractivity contribution in [2.24, 2.45) is 5.73 Å². The van der Waals surface area contributed by atoms with Crippen molar-refractivity contribution in [2.75, 3.05) is 44.7 Å². The number of ether oxygens (including phenoxy) is 1. The fourth-order valence-corrected chi connectivity index (χ4v) is 3.58. The molecule has 138 valence electrons. The number of benzene rings is 2. The Bertz CT molecular complexity index is 740. The van der Waals surface area contributed by atoms with Crippen molar-refractivity contribution in [1.82, 2.24) is 4.90 Å². The highest BCUT2D eigenvalue weighted by Gasteiger charge is 2.19. The minimum atomic E-state index is -0.342. The molecule has 1 heterocycles. The Morgan fingerprint density at radius 3 is 2.46 bits per heavy atom. The molecule has 1 saturated heterocycles. The lowest BCUT2D eigenvalue weighted by Gasteiger charge is -2.36. The third-order valence-electron chi connectivity index (χ3n) is 5.00. The number of nitrogens with zero attached hydrogens (tertiary/aromatic N) is 2. The first-order valence-corrected chi connectivity index (χ1v) is 9.17. The average Bonchev–Trinajstić information content (AvgIpc) is 2.69. The molecular formula is C21H27N3O2. The van der Waals surface area contributed by atoms with E-state index in [9.17, 15) is 4.79 Å². The van der Waals surface area contributed by atoms with Crippen molar-refractivity contribution in [3.8, 4) is 5.75 Å². The van der Waals surface area contributed by atoms with Crippen LogP contribution in [-0.4, -0.2) is 50.6 Å². The third kappa shape index (κ3) is 4.35. The number of amides is 1. The van der Waals surface area contributed by atoms with Gasteiger partial charge in [-0.05, 0) is 43.1 Å². The maximum Gasteiger partial charge on any atom is 0.248 e. The Hall–Kier alpha value is -2.53. The van der Waals surface area contributed by atoms with E-state index in [2.05, 4.69) is 21.9 Å². The van der Waals surface area contributed by atoms with Crippen molar-refractivity contribution < 1.29 is 9.53 Å². The van der Waals surface area contributed by atoms with Crippen LogP contribution in [0.3, 0.4) is 0 Å². The first kappa shape index (κ1) is 18.3. The van der Waals surface area contributed by atoms with Gasteiger partial charge >= 0.3 is 0 Å². The van der Waals surface area contributed by atoms with Gasteiger partial charge in [-0.3, -0.25) is 9.69 Å². The van der Waals surface area contributed by atoms with E-state index in [0.717, 1.165) is 56.9 Å². The van der Waals surface area contributed by atoms with Gasteiger partial charge in [0.2, 0.25) is 5.91 Å². The molecule has 2 aromatic carbocycles. The van der Waals surface area contributed by atoms with Gasteiger partial charge in [0.05, 0.1) is 12.8 Å². The second kappa shape index (κ2) is 8.72. The van der Waals surface area contributed by atoms with Crippen LogP contribution in [0.25, 0.3) is 0 Å². The SMILES string of the molecule is COc1ccccc1N1CCN(CCCc2ccccc2C(N)=O)CC1. The molecule has 1 aliphatic rings. The summed E-state index contributed by atoms with van der Waals surface area (Å²) in [5.41, 5.74) is 8.33. The van der Waals surface area contributed by atoms with E-state index in [4.69, 9.17) is 10.5 Å². The molecule has 5 heteroatoms. The second-order valence-electron chi connectivity index (χ2n) is 6.63. The van der Waals surface area contributed by atoms with Gasteiger partial charge in [0.1, 0.15) is 5.75 Å². The standard InChI is InChI=1S/C21H27N3O2/c1-26-20-11-5-4-10-19(20)24-15-13-23(14-16-24)12-6-8-17-7-2-3-9-18(17)21(22)25/h2-5,7,9-11H,6,8,12-16H2,1H3,(H2,22,25). The summed E-state index contributed by atoms with van der Waals surface area (Å²) in [7, 11) is 1.72. The van der Waals surface area contributed by atoms with Crippen molar-refractivity contribution in [1.29, 1.82) is 0 Å². The van der Waals surface area contributed by atoms with Crippen LogP contribution in [0.1, 0.15) is 22.3 Å². The Labute approximate surface area is 155 Å². The monoisotopic (exact) mass is 353 g/mol. The maximum atomic E-state index is 11.5. The molecule has 0 radical (unpaired) electrons. The minimum absolute atomic E-state index is 0.342. The van der Waals surface area contributed by atoms with Crippen LogP contribution >= 0.6 is 0 Å². The van der Waals surface area contributed by atoms with Crippen LogP contribution in [-0.2, 0) is 6.42 Å². The van der Waals surface area contributed by atoms with E-state index < -0.39 is 0 Å². The number of methoxy groups -OCH3 is 1. The number of hydrogen-bond donors (Lipinski definition) is 1. The molecule has 3 rings (SSSR count). The lowest BCUT2D eigenvalue weighted by Crippen LogP contribution is -2.46. The number of hydrogen-bond acceptors (Lipinski definition) is 4. The largest absolute Gasteiger partial charge is 0.495 e. The van der Waals surface area contributed by atoms with E-state index in [1.165, 1.54) is 5.69 Å². The minimum Gasteiger partial charge on any atom is -0.495 e. The Kier molecular flexibility index (Phi) is 6.12. The van der Waals surface area contributed by atoms with Gasteiger partial charge < -0.3 is 15.4 Å². The van der Waals surface area contributed by atoms with Gasteiger partial charge in [0.25, 0.3) is 0 Å². The number of para-hydroxylation sites is 2. The summed E-state index contributed by atoms with van der Waals surface area (Å²) in [6, 6.07) is 15.8. The molecule has 0 saturated carbocycles. The highest BCUT2D eigenvalue weighted by Crippen LogP contribution is 2.28. The van der Waals surface area contributed by atoms with E-state index in [1.54, 1.807) is 7.11 Å². The molecule has 2 N–H and O–H groups in total. The molecule has 5 nitrogen and oxygen atoms in total. The number of nitrogens with two attached hydrogens (primary N) is 1. The van der Waals surface area contributed by atoms with E-state index in [1.807, 2.05) is 36.4 Å². The highest BCUT2D eigenvalue weighted by atomic mass is 16.5. The lowest BCUT2D eigenvalue weighted by atomic mass is 10.0. The molecule has 0 aromatic heterocycles. The van der Waals surface area contributed by atoms with Crippen LogP contribution in [0, 0.1) is 0 Å². The zero-order chi connectivity index (χ0) is 18.4. The molecular weight excluding hydrogens is 326 g/mol. The fraction of sp³-hybridized carbons (Fsp3) is 0.381. The van der Waals surface area contributed by atoms with Gasteiger partial charge in [-0.15, -0.1) is 0 Å². The summed E-state index contributed by atoms with van der Waals surface area (Å²) in [4.78, 5) is 16.4. The molecule has 0 aliphatic carbocycles. The van der Waals surface area contributed by atoms with E-state index in [0.29, 0.717) is 5.56 Å². The van der Waals surface area contributed by atoms with Crippen molar-refractivity contribution in [2.45, 2.75) is 12.8 Å². The van der Waals surface area contributed by atoms with Gasteiger partial charge in [-0.25, -0.2) is 0 Å². The topological polar surface area (TPSA) is 58.8 Å².